The fraction of sp³-hybridized carbons (Fsp3) is 0.545. The van der Waals surface area contributed by atoms with Crippen LogP contribution in [0, 0.1) is 12.3 Å². The summed E-state index contributed by atoms with van der Waals surface area (Å²) < 4.78 is 0. The van der Waals surface area contributed by atoms with Gasteiger partial charge in [0.25, 0.3) is 0 Å². The van der Waals surface area contributed by atoms with E-state index in [1.54, 1.807) is 6.21 Å². The van der Waals surface area contributed by atoms with Gasteiger partial charge in [-0.1, -0.05) is 5.16 Å². The molecule has 0 spiro atoms. The van der Waals surface area contributed by atoms with Crippen molar-refractivity contribution >= 4 is 6.21 Å². The summed E-state index contributed by atoms with van der Waals surface area (Å²) in [5, 5.41) is 11.6. The molecular weight excluding hydrogens is 226 g/mol. The lowest BCUT2D eigenvalue weighted by Gasteiger charge is -2.21. The number of unbranched alkanes of at least 4 members (excludes halogenated alkanes) is 2. The van der Waals surface area contributed by atoms with Crippen LogP contribution in [0.15, 0.2) is 17.6 Å². The summed E-state index contributed by atoms with van der Waals surface area (Å²) in [5.41, 5.74) is 0. The van der Waals surface area contributed by atoms with E-state index in [0.717, 1.165) is 25.8 Å². The average molecular weight is 244 g/mol. The van der Waals surface area contributed by atoms with Gasteiger partial charge in [-0.05, 0) is 12.8 Å². The Labute approximate surface area is 103 Å². The highest BCUT2D eigenvalue weighted by Gasteiger charge is 2.26. The molecule has 1 aliphatic heterocycles. The van der Waals surface area contributed by atoms with E-state index in [1.165, 1.54) is 4.90 Å². The molecule has 1 heterocycles. The van der Waals surface area contributed by atoms with Crippen LogP contribution in [0.25, 0.3) is 0 Å². The molecule has 0 radical (unpaired) electrons. The van der Waals surface area contributed by atoms with Crippen molar-refractivity contribution in [2.45, 2.75) is 25.4 Å². The number of terminal acetylenes is 1. The highest BCUT2D eigenvalue weighted by Crippen LogP contribution is 1.96. The predicted molar refractivity (Wildman–Crippen MR) is 59.5 cm³/mol. The van der Waals surface area contributed by atoms with E-state index in [1.807, 2.05) is 18.1 Å². The van der Waals surface area contributed by atoms with Crippen LogP contribution in [0.3, 0.4) is 0 Å². The maximum absolute atomic E-state index is 8.55. The molecule has 0 amide bonds. The van der Waals surface area contributed by atoms with Crippen LogP contribution in [-0.4, -0.2) is 36.1 Å². The lowest BCUT2D eigenvalue weighted by Crippen LogP contribution is -3.11. The zero-order valence-electron chi connectivity index (χ0n) is 9.43. The van der Waals surface area contributed by atoms with E-state index in [0.29, 0.717) is 0 Å². The maximum Gasteiger partial charge on any atom is 0.207 e. The summed E-state index contributed by atoms with van der Waals surface area (Å²) in [6.45, 7) is 1.01. The largest absolute Gasteiger partial charge is 1.00 e. The highest BCUT2D eigenvalue weighted by molar-refractivity contribution is 5.61. The number of quaternary nitrogens is 1. The van der Waals surface area contributed by atoms with E-state index >= 15 is 0 Å². The van der Waals surface area contributed by atoms with Gasteiger partial charge in [0.2, 0.25) is 6.17 Å². The van der Waals surface area contributed by atoms with Crippen LogP contribution >= 0.6 is 0 Å². The second-order valence-electron chi connectivity index (χ2n) is 3.68. The Morgan fingerprint density at radius 2 is 2.38 bits per heavy atom. The zero-order valence-corrected chi connectivity index (χ0v) is 10.2. The second-order valence-corrected chi connectivity index (χ2v) is 3.68. The summed E-state index contributed by atoms with van der Waals surface area (Å²) in [7, 11) is 1.97. The first-order valence-electron chi connectivity index (χ1n) is 5.16. The first-order chi connectivity index (χ1) is 7.29. The molecule has 2 atom stereocenters. The van der Waals surface area contributed by atoms with Crippen LogP contribution in [0.4, 0.5) is 0 Å². The van der Waals surface area contributed by atoms with Crippen molar-refractivity contribution in [3.05, 3.63) is 12.4 Å². The normalized spacial score (nSPS) is 23.4. The molecule has 2 N–H and O–H groups in total. The molecule has 1 rings (SSSR count). The minimum atomic E-state index is 0. The predicted octanol–water partition coefficient (Wildman–Crippen LogP) is -3.12. The van der Waals surface area contributed by atoms with Crippen molar-refractivity contribution in [2.24, 2.45) is 5.16 Å². The van der Waals surface area contributed by atoms with Gasteiger partial charge in [0.15, 0.2) is 0 Å². The summed E-state index contributed by atoms with van der Waals surface area (Å²) in [4.78, 5) is 3.31. The quantitative estimate of drug-likeness (QED) is 0.176. The van der Waals surface area contributed by atoms with Crippen LogP contribution in [0.5, 0.6) is 0 Å². The Hall–Kier alpha value is -1.18. The molecule has 0 aromatic rings. The third-order valence-corrected chi connectivity index (χ3v) is 2.59. The minimum absolute atomic E-state index is 0. The molecule has 1 aliphatic rings. The third-order valence-electron chi connectivity index (χ3n) is 2.59. The molecule has 0 bridgehead atoms. The fourth-order valence-corrected chi connectivity index (χ4v) is 1.72. The maximum atomic E-state index is 8.55. The van der Waals surface area contributed by atoms with Crippen molar-refractivity contribution in [2.75, 3.05) is 13.6 Å². The Kier molecular flexibility index (Phi) is 7.44. The number of halogens is 1. The number of oxime groups is 1. The van der Waals surface area contributed by atoms with Gasteiger partial charge < -0.3 is 22.5 Å². The Balaban J connectivity index is 0.00000225. The third kappa shape index (κ3) is 4.13. The van der Waals surface area contributed by atoms with Gasteiger partial charge in [-0.3, -0.25) is 4.90 Å². The standard InChI is InChI=1S/C11H17N3O.ClH/c1-3-4-5-6-7-14-9-8-13(2)11(14)10-12-15;/h1,8-11,15H,4-7H2,2H3;1H/b12-10-;. The Bertz CT molecular complexity index is 285. The SMILES string of the molecule is C#CCCCC[NH+]1C=CN(C)C1/C=N\O.[Cl-]. The van der Waals surface area contributed by atoms with Crippen LogP contribution in [0.1, 0.15) is 19.3 Å². The summed E-state index contributed by atoms with van der Waals surface area (Å²) in [5.74, 6) is 2.63. The van der Waals surface area contributed by atoms with E-state index in [2.05, 4.69) is 17.3 Å². The number of nitrogens with one attached hydrogen (secondary N) is 1. The Morgan fingerprint density at radius 3 is 3.00 bits per heavy atom. The second kappa shape index (κ2) is 8.03. The molecule has 90 valence electrons. The van der Waals surface area contributed by atoms with Crippen molar-refractivity contribution in [3.63, 3.8) is 0 Å². The van der Waals surface area contributed by atoms with E-state index in [4.69, 9.17) is 11.6 Å². The number of hydrogen-bond donors (Lipinski definition) is 2. The molecule has 0 aliphatic carbocycles. The highest BCUT2D eigenvalue weighted by atomic mass is 35.5. The molecule has 2 unspecified atom stereocenters. The van der Waals surface area contributed by atoms with Crippen molar-refractivity contribution in [1.29, 1.82) is 0 Å². The molecule has 4 nitrogen and oxygen atoms in total. The molecule has 0 aromatic heterocycles. The van der Waals surface area contributed by atoms with Crippen LogP contribution in [0.2, 0.25) is 0 Å². The zero-order chi connectivity index (χ0) is 11.1. The number of hydrogen-bond acceptors (Lipinski definition) is 3. The van der Waals surface area contributed by atoms with Gasteiger partial charge in [-0.25, -0.2) is 0 Å². The number of rotatable bonds is 5. The topological polar surface area (TPSA) is 40.3 Å². The van der Waals surface area contributed by atoms with Crippen LogP contribution in [-0.2, 0) is 0 Å². The summed E-state index contributed by atoms with van der Waals surface area (Å²) in [6, 6.07) is 0. The molecule has 0 saturated carbocycles. The fourth-order valence-electron chi connectivity index (χ4n) is 1.72. The van der Waals surface area contributed by atoms with Gasteiger partial charge in [0, 0.05) is 13.5 Å². The van der Waals surface area contributed by atoms with Gasteiger partial charge in [0.05, 0.1) is 12.7 Å². The van der Waals surface area contributed by atoms with Gasteiger partial charge in [-0.15, -0.1) is 12.3 Å². The molecule has 0 aromatic carbocycles. The van der Waals surface area contributed by atoms with Crippen molar-refractivity contribution in [1.82, 2.24) is 4.90 Å². The Morgan fingerprint density at radius 1 is 1.62 bits per heavy atom. The van der Waals surface area contributed by atoms with E-state index < -0.39 is 0 Å². The van der Waals surface area contributed by atoms with Crippen LogP contribution < -0.4 is 17.3 Å². The first-order valence-corrected chi connectivity index (χ1v) is 5.16. The first kappa shape index (κ1) is 14.8. The van der Waals surface area contributed by atoms with E-state index in [9.17, 15) is 0 Å². The molecule has 0 fully saturated rings. The average Bonchev–Trinajstić information content (AvgIpc) is 2.57. The summed E-state index contributed by atoms with van der Waals surface area (Å²) >= 11 is 0. The number of nitrogens with zero attached hydrogens (tertiary/aromatic N) is 2. The summed E-state index contributed by atoms with van der Waals surface area (Å²) in [6.07, 6.45) is 13.9. The lowest BCUT2D eigenvalue weighted by atomic mass is 10.2. The minimum Gasteiger partial charge on any atom is -1.00 e. The molecule has 16 heavy (non-hydrogen) atoms. The van der Waals surface area contributed by atoms with Gasteiger partial charge >= 0.3 is 0 Å². The van der Waals surface area contributed by atoms with Crippen molar-refractivity contribution in [3.8, 4) is 12.3 Å². The molecule has 0 saturated heterocycles. The lowest BCUT2D eigenvalue weighted by molar-refractivity contribution is -0.864. The molecular formula is C11H18ClN3O. The van der Waals surface area contributed by atoms with Gasteiger partial charge in [-0.2, -0.15) is 0 Å². The van der Waals surface area contributed by atoms with Gasteiger partial charge in [0.1, 0.15) is 12.4 Å². The monoisotopic (exact) mass is 243 g/mol. The smallest absolute Gasteiger partial charge is 0.207 e. The molecule has 5 heteroatoms. The van der Waals surface area contributed by atoms with Crippen molar-refractivity contribution < 1.29 is 22.5 Å². The van der Waals surface area contributed by atoms with E-state index in [-0.39, 0.29) is 18.6 Å².